The Balaban J connectivity index is 0.000000383. The average molecular weight is 494 g/mol. The third-order valence-electron chi connectivity index (χ3n) is 5.67. The summed E-state index contributed by atoms with van der Waals surface area (Å²) in [6.07, 6.45) is -4.90. The number of rotatable bonds is 4. The molecule has 1 aromatic heterocycles. The maximum Gasteiger partial charge on any atom is 0.490 e. The number of aryl methyl sites for hydroxylation is 2. The summed E-state index contributed by atoms with van der Waals surface area (Å²) in [7, 11) is 0. The van der Waals surface area contributed by atoms with Crippen LogP contribution in [0.4, 0.5) is 17.6 Å². The Kier molecular flexibility index (Phi) is 7.99. The molecule has 2 saturated heterocycles. The minimum atomic E-state index is -5.08. The third-order valence-corrected chi connectivity index (χ3v) is 5.97. The van der Waals surface area contributed by atoms with Crippen molar-refractivity contribution < 1.29 is 36.7 Å². The van der Waals surface area contributed by atoms with Gasteiger partial charge in [0.05, 0.1) is 29.5 Å². The molecule has 2 aromatic rings. The zero-order valence-corrected chi connectivity index (χ0v) is 18.8. The van der Waals surface area contributed by atoms with Gasteiger partial charge in [-0.1, -0.05) is 22.8 Å². The van der Waals surface area contributed by atoms with Crippen molar-refractivity contribution in [3.63, 3.8) is 0 Å². The number of halogens is 5. The molecule has 7 nitrogen and oxygen atoms in total. The Morgan fingerprint density at radius 2 is 1.97 bits per heavy atom. The van der Waals surface area contributed by atoms with Crippen LogP contribution >= 0.6 is 11.6 Å². The van der Waals surface area contributed by atoms with Crippen LogP contribution in [-0.4, -0.2) is 70.6 Å². The molecule has 0 unspecified atom stereocenters. The average Bonchev–Trinajstić information content (AvgIpc) is 3.28. The van der Waals surface area contributed by atoms with E-state index in [9.17, 15) is 17.6 Å². The zero-order chi connectivity index (χ0) is 24.3. The van der Waals surface area contributed by atoms with Crippen LogP contribution in [0.5, 0.6) is 0 Å². The zero-order valence-electron chi connectivity index (χ0n) is 18.0. The Morgan fingerprint density at radius 3 is 2.55 bits per heavy atom. The van der Waals surface area contributed by atoms with E-state index in [0.29, 0.717) is 12.6 Å². The summed E-state index contributed by atoms with van der Waals surface area (Å²) in [6, 6.07) is 5.35. The standard InChI is InChI=1S/C19H23ClFN3O2.C2HF3O2/c1-12-15(13(2)26-22-12)9-24-5-6-25-19-11-23(10-18(19)24)8-14-3-4-16(20)17(21)7-14;3-2(4,5)1(6)7/h3-4,7,18-19H,5-6,8-11H2,1-2H3;(H,6,7)/t18-,19+;/m1./s1. The lowest BCUT2D eigenvalue weighted by atomic mass is 10.1. The highest BCUT2D eigenvalue weighted by Crippen LogP contribution is 2.27. The molecule has 3 heterocycles. The normalized spacial score (nSPS) is 21.4. The number of fused-ring (bicyclic) bond motifs is 1. The first-order chi connectivity index (χ1) is 15.5. The van der Waals surface area contributed by atoms with Gasteiger partial charge in [-0.15, -0.1) is 0 Å². The van der Waals surface area contributed by atoms with E-state index in [4.69, 9.17) is 30.8 Å². The molecule has 2 atom stereocenters. The summed E-state index contributed by atoms with van der Waals surface area (Å²) in [6.45, 7) is 8.86. The first-order valence-corrected chi connectivity index (χ1v) is 10.6. The van der Waals surface area contributed by atoms with Crippen LogP contribution in [0.15, 0.2) is 22.7 Å². The summed E-state index contributed by atoms with van der Waals surface area (Å²) in [5.41, 5.74) is 3.06. The van der Waals surface area contributed by atoms with Gasteiger partial charge in [-0.2, -0.15) is 13.2 Å². The highest BCUT2D eigenvalue weighted by Gasteiger charge is 2.40. The van der Waals surface area contributed by atoms with Crippen molar-refractivity contribution >= 4 is 17.6 Å². The van der Waals surface area contributed by atoms with E-state index in [1.807, 2.05) is 19.9 Å². The van der Waals surface area contributed by atoms with Crippen LogP contribution < -0.4 is 0 Å². The molecule has 2 aliphatic heterocycles. The molecule has 0 saturated carbocycles. The fourth-order valence-electron chi connectivity index (χ4n) is 3.99. The van der Waals surface area contributed by atoms with E-state index in [2.05, 4.69) is 15.0 Å². The largest absolute Gasteiger partial charge is 0.490 e. The summed E-state index contributed by atoms with van der Waals surface area (Å²) in [5, 5.41) is 11.4. The van der Waals surface area contributed by atoms with E-state index < -0.39 is 12.1 Å². The molecule has 1 N–H and O–H groups in total. The number of aromatic nitrogens is 1. The summed E-state index contributed by atoms with van der Waals surface area (Å²) in [4.78, 5) is 13.7. The maximum absolute atomic E-state index is 13.7. The fourth-order valence-corrected chi connectivity index (χ4v) is 4.10. The van der Waals surface area contributed by atoms with Gasteiger partial charge in [0.2, 0.25) is 0 Å². The van der Waals surface area contributed by atoms with Crippen LogP contribution in [0, 0.1) is 19.7 Å². The Bertz CT molecular complexity index is 965. The van der Waals surface area contributed by atoms with Crippen molar-refractivity contribution in [1.29, 1.82) is 0 Å². The second-order valence-corrected chi connectivity index (χ2v) is 8.40. The number of carboxylic acids is 1. The van der Waals surface area contributed by atoms with Crippen molar-refractivity contribution in [2.45, 2.75) is 45.3 Å². The van der Waals surface area contributed by atoms with Gasteiger partial charge in [-0.3, -0.25) is 9.80 Å². The minimum Gasteiger partial charge on any atom is -0.475 e. The van der Waals surface area contributed by atoms with E-state index in [1.165, 1.54) is 11.6 Å². The van der Waals surface area contributed by atoms with Gasteiger partial charge in [-0.05, 0) is 31.5 Å². The number of nitrogens with zero attached hydrogens (tertiary/aromatic N) is 3. The molecular weight excluding hydrogens is 470 g/mol. The Hall–Kier alpha value is -2.21. The molecule has 0 radical (unpaired) electrons. The third kappa shape index (κ3) is 6.44. The van der Waals surface area contributed by atoms with Gasteiger partial charge in [0.1, 0.15) is 11.6 Å². The highest BCUT2D eigenvalue weighted by atomic mass is 35.5. The summed E-state index contributed by atoms with van der Waals surface area (Å²) < 4.78 is 56.7. The van der Waals surface area contributed by atoms with E-state index in [1.54, 1.807) is 6.07 Å². The Morgan fingerprint density at radius 1 is 1.27 bits per heavy atom. The SMILES string of the molecule is Cc1noc(C)c1CN1CCO[C@H]2CN(Cc3ccc(Cl)c(F)c3)C[C@H]21.O=C(O)C(F)(F)F. The van der Waals surface area contributed by atoms with Crippen molar-refractivity contribution in [1.82, 2.24) is 15.0 Å². The number of benzene rings is 1. The van der Waals surface area contributed by atoms with Crippen LogP contribution in [-0.2, 0) is 22.6 Å². The number of hydrogen-bond acceptors (Lipinski definition) is 6. The topological polar surface area (TPSA) is 79.0 Å². The van der Waals surface area contributed by atoms with Crippen molar-refractivity contribution in [3.8, 4) is 0 Å². The van der Waals surface area contributed by atoms with Crippen LogP contribution in [0.2, 0.25) is 5.02 Å². The second kappa shape index (κ2) is 10.4. The van der Waals surface area contributed by atoms with E-state index in [-0.39, 0.29) is 16.9 Å². The number of ether oxygens (including phenoxy) is 1. The molecule has 12 heteroatoms. The van der Waals surface area contributed by atoms with Gasteiger partial charge in [0.15, 0.2) is 0 Å². The van der Waals surface area contributed by atoms with E-state index in [0.717, 1.165) is 49.8 Å². The minimum absolute atomic E-state index is 0.165. The van der Waals surface area contributed by atoms with Gasteiger partial charge < -0.3 is 14.4 Å². The van der Waals surface area contributed by atoms with Gasteiger partial charge in [0.25, 0.3) is 0 Å². The van der Waals surface area contributed by atoms with Crippen LogP contribution in [0.25, 0.3) is 0 Å². The lowest BCUT2D eigenvalue weighted by Gasteiger charge is -2.36. The molecule has 2 aliphatic rings. The molecule has 182 valence electrons. The molecular formula is C21H24ClF4N3O4. The van der Waals surface area contributed by atoms with Crippen molar-refractivity contribution in [2.24, 2.45) is 0 Å². The molecule has 0 aliphatic carbocycles. The van der Waals surface area contributed by atoms with Crippen molar-refractivity contribution in [2.75, 3.05) is 26.2 Å². The molecule has 2 fully saturated rings. The van der Waals surface area contributed by atoms with Gasteiger partial charge in [-0.25, -0.2) is 9.18 Å². The number of alkyl halides is 3. The molecule has 0 bridgehead atoms. The van der Waals surface area contributed by atoms with Crippen LogP contribution in [0.1, 0.15) is 22.6 Å². The van der Waals surface area contributed by atoms with Crippen LogP contribution in [0.3, 0.4) is 0 Å². The maximum atomic E-state index is 13.7. The Labute approximate surface area is 192 Å². The lowest BCUT2D eigenvalue weighted by Crippen LogP contribution is -2.50. The fraction of sp³-hybridized carbons (Fsp3) is 0.524. The number of aliphatic carboxylic acids is 1. The first kappa shape index (κ1) is 25.4. The smallest absolute Gasteiger partial charge is 0.475 e. The van der Waals surface area contributed by atoms with Gasteiger partial charge >= 0.3 is 12.1 Å². The molecule has 0 amide bonds. The quantitative estimate of drug-likeness (QED) is 0.649. The number of carbonyl (C=O) groups is 1. The second-order valence-electron chi connectivity index (χ2n) is 8.00. The van der Waals surface area contributed by atoms with Crippen molar-refractivity contribution in [3.05, 3.63) is 51.6 Å². The van der Waals surface area contributed by atoms with E-state index >= 15 is 0 Å². The lowest BCUT2D eigenvalue weighted by molar-refractivity contribution is -0.192. The first-order valence-electron chi connectivity index (χ1n) is 10.2. The molecule has 33 heavy (non-hydrogen) atoms. The summed E-state index contributed by atoms with van der Waals surface area (Å²) in [5.74, 6) is -2.23. The monoisotopic (exact) mass is 493 g/mol. The number of hydrogen-bond donors (Lipinski definition) is 1. The molecule has 4 rings (SSSR count). The predicted molar refractivity (Wildman–Crippen MR) is 110 cm³/mol. The predicted octanol–water partition coefficient (Wildman–Crippen LogP) is 3.80. The number of carboxylic acid groups (broad SMARTS) is 1. The number of likely N-dealkylation sites (tertiary alicyclic amines) is 1. The number of morpholine rings is 1. The van der Waals surface area contributed by atoms with Gasteiger partial charge in [0, 0.05) is 38.3 Å². The molecule has 1 aromatic carbocycles. The molecule has 0 spiro atoms. The highest BCUT2D eigenvalue weighted by molar-refractivity contribution is 6.30. The summed E-state index contributed by atoms with van der Waals surface area (Å²) >= 11 is 5.78.